The Bertz CT molecular complexity index is 389. The molecule has 0 aliphatic carbocycles. The monoisotopic (exact) mass is 329 g/mol. The standard InChI is InChI=1S/C13H20BrN3S/c14-13-7-11(10-18-13)8-16-4-1-12(9-16)17-5-2-15-3-6-17/h7,10,12,15H,1-6,8-9H2. The van der Waals surface area contributed by atoms with Crippen molar-refractivity contribution in [3.8, 4) is 0 Å². The van der Waals surface area contributed by atoms with Crippen molar-refractivity contribution in [1.29, 1.82) is 0 Å². The van der Waals surface area contributed by atoms with Crippen molar-refractivity contribution in [3.63, 3.8) is 0 Å². The van der Waals surface area contributed by atoms with Gasteiger partial charge in [0, 0.05) is 51.9 Å². The molecule has 0 saturated carbocycles. The molecule has 0 spiro atoms. The van der Waals surface area contributed by atoms with Gasteiger partial charge in [-0.1, -0.05) is 0 Å². The van der Waals surface area contributed by atoms with E-state index in [0.29, 0.717) is 0 Å². The first-order valence-corrected chi connectivity index (χ1v) is 8.38. The lowest BCUT2D eigenvalue weighted by atomic mass is 10.2. The van der Waals surface area contributed by atoms with Crippen LogP contribution in [0.2, 0.25) is 0 Å². The van der Waals surface area contributed by atoms with E-state index >= 15 is 0 Å². The Labute approximate surface area is 121 Å². The number of thiophene rings is 1. The van der Waals surface area contributed by atoms with Crippen LogP contribution in [0.5, 0.6) is 0 Å². The van der Waals surface area contributed by atoms with E-state index in [1.54, 1.807) is 11.3 Å². The second-order valence-electron chi connectivity index (χ2n) is 5.22. The molecule has 5 heteroatoms. The summed E-state index contributed by atoms with van der Waals surface area (Å²) >= 11 is 5.33. The Hall–Kier alpha value is 0.0600. The van der Waals surface area contributed by atoms with Crippen LogP contribution < -0.4 is 5.32 Å². The maximum atomic E-state index is 3.54. The summed E-state index contributed by atoms with van der Waals surface area (Å²) in [5, 5.41) is 5.70. The number of hydrogen-bond donors (Lipinski definition) is 1. The van der Waals surface area contributed by atoms with Gasteiger partial charge in [0.25, 0.3) is 0 Å². The Morgan fingerprint density at radius 2 is 2.17 bits per heavy atom. The summed E-state index contributed by atoms with van der Waals surface area (Å²) in [6, 6.07) is 3.04. The first kappa shape index (κ1) is 13.1. The van der Waals surface area contributed by atoms with Crippen molar-refractivity contribution in [2.75, 3.05) is 39.3 Å². The molecule has 100 valence electrons. The lowest BCUT2D eigenvalue weighted by Crippen LogP contribution is -2.49. The second-order valence-corrected chi connectivity index (χ2v) is 7.51. The average molecular weight is 330 g/mol. The molecule has 0 aromatic carbocycles. The summed E-state index contributed by atoms with van der Waals surface area (Å²) in [6.07, 6.45) is 1.34. The van der Waals surface area contributed by atoms with Gasteiger partial charge >= 0.3 is 0 Å². The van der Waals surface area contributed by atoms with Gasteiger partial charge in [-0.2, -0.15) is 0 Å². The van der Waals surface area contributed by atoms with Crippen LogP contribution in [0.15, 0.2) is 15.2 Å². The molecule has 0 radical (unpaired) electrons. The average Bonchev–Trinajstić information content (AvgIpc) is 3.01. The molecule has 18 heavy (non-hydrogen) atoms. The lowest BCUT2D eigenvalue weighted by Gasteiger charge is -2.32. The van der Waals surface area contributed by atoms with Crippen LogP contribution in [0, 0.1) is 0 Å². The lowest BCUT2D eigenvalue weighted by molar-refractivity contribution is 0.170. The first-order chi connectivity index (χ1) is 8.81. The molecule has 1 aromatic rings. The van der Waals surface area contributed by atoms with Crippen LogP contribution in [-0.2, 0) is 6.54 Å². The molecular formula is C13H20BrN3S. The number of halogens is 1. The Morgan fingerprint density at radius 1 is 1.33 bits per heavy atom. The smallest absolute Gasteiger partial charge is 0.0701 e. The van der Waals surface area contributed by atoms with Crippen LogP contribution in [0.1, 0.15) is 12.0 Å². The molecule has 2 fully saturated rings. The third-order valence-corrected chi connectivity index (χ3v) is 5.50. The fourth-order valence-electron chi connectivity index (χ4n) is 2.99. The minimum absolute atomic E-state index is 0.786. The molecule has 2 aliphatic heterocycles. The van der Waals surface area contributed by atoms with Crippen molar-refractivity contribution in [2.24, 2.45) is 0 Å². The molecule has 0 amide bonds. The molecule has 3 heterocycles. The van der Waals surface area contributed by atoms with E-state index in [0.717, 1.165) is 25.7 Å². The molecule has 1 atom stereocenters. The van der Waals surface area contributed by atoms with E-state index < -0.39 is 0 Å². The van der Waals surface area contributed by atoms with Crippen LogP contribution in [0.4, 0.5) is 0 Å². The zero-order chi connectivity index (χ0) is 12.4. The highest BCUT2D eigenvalue weighted by Gasteiger charge is 2.28. The number of rotatable bonds is 3. The summed E-state index contributed by atoms with van der Waals surface area (Å²) in [6.45, 7) is 8.38. The van der Waals surface area contributed by atoms with Crippen molar-refractivity contribution in [1.82, 2.24) is 15.1 Å². The summed E-state index contributed by atoms with van der Waals surface area (Å²) in [4.78, 5) is 5.27. The molecule has 3 nitrogen and oxygen atoms in total. The highest BCUT2D eigenvalue weighted by Crippen LogP contribution is 2.24. The number of piperazine rings is 1. The van der Waals surface area contributed by atoms with Gasteiger partial charge in [0.1, 0.15) is 0 Å². The zero-order valence-electron chi connectivity index (χ0n) is 10.6. The summed E-state index contributed by atoms with van der Waals surface area (Å²) in [5.41, 5.74) is 1.45. The van der Waals surface area contributed by atoms with E-state index in [2.05, 4.69) is 42.5 Å². The summed E-state index contributed by atoms with van der Waals surface area (Å²) in [7, 11) is 0. The van der Waals surface area contributed by atoms with E-state index in [9.17, 15) is 0 Å². The van der Waals surface area contributed by atoms with Gasteiger partial charge < -0.3 is 5.32 Å². The molecule has 2 saturated heterocycles. The van der Waals surface area contributed by atoms with E-state index in [-0.39, 0.29) is 0 Å². The van der Waals surface area contributed by atoms with Gasteiger partial charge in [0.15, 0.2) is 0 Å². The minimum atomic E-state index is 0.786. The summed E-state index contributed by atoms with van der Waals surface area (Å²) < 4.78 is 1.25. The number of nitrogens with one attached hydrogen (secondary N) is 1. The predicted octanol–water partition coefficient (Wildman–Crippen LogP) is 1.99. The number of likely N-dealkylation sites (tertiary alicyclic amines) is 1. The molecule has 2 aliphatic rings. The normalized spacial score (nSPS) is 26.8. The largest absolute Gasteiger partial charge is 0.314 e. The fraction of sp³-hybridized carbons (Fsp3) is 0.692. The van der Waals surface area contributed by atoms with Gasteiger partial charge in [-0.15, -0.1) is 11.3 Å². The van der Waals surface area contributed by atoms with Gasteiger partial charge in [-0.05, 0) is 39.4 Å². The molecule has 1 aromatic heterocycles. The SMILES string of the molecule is Brc1cc(CN2CCC(N3CCNCC3)C2)cs1. The van der Waals surface area contributed by atoms with Crippen molar-refractivity contribution >= 4 is 27.3 Å². The van der Waals surface area contributed by atoms with Gasteiger partial charge in [0.05, 0.1) is 3.79 Å². The quantitative estimate of drug-likeness (QED) is 0.914. The topological polar surface area (TPSA) is 18.5 Å². The third-order valence-electron chi connectivity index (χ3n) is 3.94. The van der Waals surface area contributed by atoms with Crippen LogP contribution in [0.3, 0.4) is 0 Å². The summed E-state index contributed by atoms with van der Waals surface area (Å²) in [5.74, 6) is 0. The predicted molar refractivity (Wildman–Crippen MR) is 80.1 cm³/mol. The molecule has 3 rings (SSSR count). The molecule has 1 N–H and O–H groups in total. The van der Waals surface area contributed by atoms with Crippen molar-refractivity contribution in [2.45, 2.75) is 19.0 Å². The molecule has 1 unspecified atom stereocenters. The highest BCUT2D eigenvalue weighted by atomic mass is 79.9. The minimum Gasteiger partial charge on any atom is -0.314 e. The Morgan fingerprint density at radius 3 is 2.89 bits per heavy atom. The van der Waals surface area contributed by atoms with E-state index in [1.165, 1.54) is 41.9 Å². The third kappa shape index (κ3) is 3.14. The van der Waals surface area contributed by atoms with Crippen molar-refractivity contribution in [3.05, 3.63) is 20.8 Å². The zero-order valence-corrected chi connectivity index (χ0v) is 13.0. The fourth-order valence-corrected chi connectivity index (χ4v) is 4.19. The van der Waals surface area contributed by atoms with Crippen LogP contribution in [0.25, 0.3) is 0 Å². The van der Waals surface area contributed by atoms with Gasteiger partial charge in [0.2, 0.25) is 0 Å². The maximum Gasteiger partial charge on any atom is 0.0701 e. The Balaban J connectivity index is 1.51. The maximum absolute atomic E-state index is 3.54. The van der Waals surface area contributed by atoms with Crippen LogP contribution >= 0.6 is 27.3 Å². The van der Waals surface area contributed by atoms with Crippen LogP contribution in [-0.4, -0.2) is 55.1 Å². The van der Waals surface area contributed by atoms with Gasteiger partial charge in [-0.25, -0.2) is 0 Å². The Kier molecular flexibility index (Phi) is 4.36. The first-order valence-electron chi connectivity index (χ1n) is 6.71. The highest BCUT2D eigenvalue weighted by molar-refractivity contribution is 9.11. The van der Waals surface area contributed by atoms with Gasteiger partial charge in [-0.3, -0.25) is 9.80 Å². The van der Waals surface area contributed by atoms with E-state index in [1.807, 2.05) is 0 Å². The van der Waals surface area contributed by atoms with E-state index in [4.69, 9.17) is 0 Å². The molecular weight excluding hydrogens is 310 g/mol. The number of hydrogen-bond acceptors (Lipinski definition) is 4. The number of nitrogens with zero attached hydrogens (tertiary/aromatic N) is 2. The van der Waals surface area contributed by atoms with Crippen molar-refractivity contribution < 1.29 is 0 Å². The molecule has 0 bridgehead atoms. The second kappa shape index (κ2) is 6.01.